The number of benzene rings is 2. The number of urea groups is 1. The van der Waals surface area contributed by atoms with Crippen LogP contribution >= 0.6 is 0 Å². The first kappa shape index (κ1) is 19.1. The Morgan fingerprint density at radius 1 is 1.10 bits per heavy atom. The zero-order chi connectivity index (χ0) is 20.4. The second-order valence-electron chi connectivity index (χ2n) is 7.53. The minimum absolute atomic E-state index is 0.174. The van der Waals surface area contributed by atoms with Crippen LogP contribution < -0.4 is 10.1 Å². The van der Waals surface area contributed by atoms with Crippen molar-refractivity contribution in [1.82, 2.24) is 15.2 Å². The Bertz CT molecular complexity index is 1060. The van der Waals surface area contributed by atoms with E-state index in [9.17, 15) is 9.59 Å². The summed E-state index contributed by atoms with van der Waals surface area (Å²) in [6.07, 6.45) is 2.97. The number of carbonyl (C=O) groups excluding carboxylic acids is 2. The Morgan fingerprint density at radius 2 is 1.93 bits per heavy atom. The van der Waals surface area contributed by atoms with Gasteiger partial charge < -0.3 is 15.0 Å². The van der Waals surface area contributed by atoms with Gasteiger partial charge in [0.05, 0.1) is 6.61 Å². The number of rotatable bonds is 7. The SMILES string of the molecule is Cc1ccc(C)c(OCCCN2C(=O)N[C@@H](Cc3c[nH]c4ccccc34)C2=O)c1. The zero-order valence-electron chi connectivity index (χ0n) is 16.7. The van der Waals surface area contributed by atoms with Crippen molar-refractivity contribution in [3.8, 4) is 5.75 Å². The van der Waals surface area contributed by atoms with Gasteiger partial charge in [-0.3, -0.25) is 9.69 Å². The minimum Gasteiger partial charge on any atom is -0.493 e. The van der Waals surface area contributed by atoms with E-state index in [1.54, 1.807) is 0 Å². The lowest BCUT2D eigenvalue weighted by molar-refractivity contribution is -0.127. The fourth-order valence-electron chi connectivity index (χ4n) is 3.71. The van der Waals surface area contributed by atoms with E-state index in [-0.39, 0.29) is 11.9 Å². The zero-order valence-corrected chi connectivity index (χ0v) is 16.7. The molecule has 6 heteroatoms. The van der Waals surface area contributed by atoms with Gasteiger partial charge in [0.15, 0.2) is 0 Å². The highest BCUT2D eigenvalue weighted by Gasteiger charge is 2.37. The van der Waals surface area contributed by atoms with Crippen LogP contribution in [0.5, 0.6) is 5.75 Å². The molecule has 1 atom stereocenters. The van der Waals surface area contributed by atoms with E-state index in [0.29, 0.717) is 26.0 Å². The molecule has 2 N–H and O–H groups in total. The van der Waals surface area contributed by atoms with Crippen molar-refractivity contribution in [3.63, 3.8) is 0 Å². The van der Waals surface area contributed by atoms with Crippen LogP contribution in [0, 0.1) is 13.8 Å². The summed E-state index contributed by atoms with van der Waals surface area (Å²) in [7, 11) is 0. The molecule has 1 aromatic heterocycles. The number of aromatic amines is 1. The number of carbonyl (C=O) groups is 2. The summed E-state index contributed by atoms with van der Waals surface area (Å²) in [5.41, 5.74) is 4.27. The van der Waals surface area contributed by atoms with Crippen molar-refractivity contribution in [2.75, 3.05) is 13.2 Å². The molecule has 6 nitrogen and oxygen atoms in total. The standard InChI is InChI=1S/C23H25N3O3/c1-15-8-9-16(2)21(12-15)29-11-5-10-26-22(27)20(25-23(26)28)13-17-14-24-19-7-4-3-6-18(17)19/h3-4,6-9,12,14,20,24H,5,10-11,13H2,1-2H3,(H,25,28)/t20-/m0/s1. The molecule has 29 heavy (non-hydrogen) atoms. The van der Waals surface area contributed by atoms with Gasteiger partial charge in [-0.25, -0.2) is 4.79 Å². The molecule has 0 spiro atoms. The Balaban J connectivity index is 1.33. The van der Waals surface area contributed by atoms with E-state index >= 15 is 0 Å². The summed E-state index contributed by atoms with van der Waals surface area (Å²) >= 11 is 0. The molecule has 0 saturated carbocycles. The van der Waals surface area contributed by atoms with Crippen LogP contribution in [0.1, 0.15) is 23.1 Å². The fourth-order valence-corrected chi connectivity index (χ4v) is 3.71. The van der Waals surface area contributed by atoms with Crippen LogP contribution in [0.25, 0.3) is 10.9 Å². The number of para-hydroxylation sites is 1. The number of aromatic nitrogens is 1. The summed E-state index contributed by atoms with van der Waals surface area (Å²) in [5.74, 6) is 0.673. The lowest BCUT2D eigenvalue weighted by atomic mass is 10.1. The number of fused-ring (bicyclic) bond motifs is 1. The van der Waals surface area contributed by atoms with Gasteiger partial charge in [0.25, 0.3) is 5.91 Å². The fraction of sp³-hybridized carbons (Fsp3) is 0.304. The van der Waals surface area contributed by atoms with Gasteiger partial charge in [-0.05, 0) is 49.1 Å². The molecule has 0 bridgehead atoms. The van der Waals surface area contributed by atoms with Gasteiger partial charge >= 0.3 is 6.03 Å². The van der Waals surface area contributed by atoms with Crippen LogP contribution in [0.3, 0.4) is 0 Å². The third-order valence-electron chi connectivity index (χ3n) is 5.33. The summed E-state index contributed by atoms with van der Waals surface area (Å²) in [6.45, 7) is 4.82. The number of hydrogen-bond donors (Lipinski definition) is 2. The molecule has 150 valence electrons. The number of H-pyrrole nitrogens is 1. The third-order valence-corrected chi connectivity index (χ3v) is 5.33. The van der Waals surface area contributed by atoms with Gasteiger partial charge in [-0.15, -0.1) is 0 Å². The molecule has 1 fully saturated rings. The Morgan fingerprint density at radius 3 is 2.79 bits per heavy atom. The van der Waals surface area contributed by atoms with E-state index < -0.39 is 6.04 Å². The van der Waals surface area contributed by atoms with Crippen molar-refractivity contribution in [2.24, 2.45) is 0 Å². The molecule has 2 heterocycles. The number of amides is 3. The number of hydrogen-bond acceptors (Lipinski definition) is 3. The van der Waals surface area contributed by atoms with E-state index in [2.05, 4.69) is 10.3 Å². The lowest BCUT2D eigenvalue weighted by Crippen LogP contribution is -2.33. The van der Waals surface area contributed by atoms with Crippen molar-refractivity contribution >= 4 is 22.8 Å². The summed E-state index contributed by atoms with van der Waals surface area (Å²) in [6, 6.07) is 13.2. The maximum absolute atomic E-state index is 12.7. The quantitative estimate of drug-likeness (QED) is 0.476. The van der Waals surface area contributed by atoms with E-state index in [0.717, 1.165) is 33.3 Å². The number of ether oxygens (including phenoxy) is 1. The highest BCUT2D eigenvalue weighted by atomic mass is 16.5. The highest BCUT2D eigenvalue weighted by Crippen LogP contribution is 2.22. The first-order valence-electron chi connectivity index (χ1n) is 9.90. The van der Waals surface area contributed by atoms with Crippen LogP contribution in [0.2, 0.25) is 0 Å². The summed E-state index contributed by atoms with van der Waals surface area (Å²) in [5, 5.41) is 3.89. The average Bonchev–Trinajstić information content (AvgIpc) is 3.23. The second kappa shape index (κ2) is 7.99. The summed E-state index contributed by atoms with van der Waals surface area (Å²) < 4.78 is 5.83. The molecule has 0 aliphatic carbocycles. The van der Waals surface area contributed by atoms with Crippen molar-refractivity contribution < 1.29 is 14.3 Å². The molecule has 2 aromatic carbocycles. The smallest absolute Gasteiger partial charge is 0.324 e. The van der Waals surface area contributed by atoms with Crippen molar-refractivity contribution in [2.45, 2.75) is 32.7 Å². The molecule has 0 radical (unpaired) electrons. The first-order chi connectivity index (χ1) is 14.0. The number of imide groups is 1. The van der Waals surface area contributed by atoms with Gasteiger partial charge in [0.1, 0.15) is 11.8 Å². The Hall–Kier alpha value is -3.28. The topological polar surface area (TPSA) is 74.4 Å². The molecule has 1 saturated heterocycles. The lowest BCUT2D eigenvalue weighted by Gasteiger charge is -2.14. The Labute approximate surface area is 169 Å². The Kier molecular flexibility index (Phi) is 5.25. The molecule has 1 aliphatic rings. The molecule has 4 rings (SSSR count). The molecule has 1 aliphatic heterocycles. The van der Waals surface area contributed by atoms with Crippen molar-refractivity contribution in [3.05, 3.63) is 65.4 Å². The van der Waals surface area contributed by atoms with Gasteiger partial charge in [-0.1, -0.05) is 30.3 Å². The van der Waals surface area contributed by atoms with Crippen LogP contribution in [0.4, 0.5) is 4.79 Å². The summed E-state index contributed by atoms with van der Waals surface area (Å²) in [4.78, 5) is 29.5. The molecular formula is C23H25N3O3. The maximum Gasteiger partial charge on any atom is 0.324 e. The molecule has 0 unspecified atom stereocenters. The highest BCUT2D eigenvalue weighted by molar-refractivity contribution is 6.04. The predicted octanol–water partition coefficient (Wildman–Crippen LogP) is 3.72. The molecule has 3 aromatic rings. The number of nitrogens with zero attached hydrogens (tertiary/aromatic N) is 1. The largest absolute Gasteiger partial charge is 0.493 e. The van der Waals surface area contributed by atoms with Gasteiger partial charge in [0.2, 0.25) is 0 Å². The number of nitrogens with one attached hydrogen (secondary N) is 2. The normalized spacial score (nSPS) is 16.5. The minimum atomic E-state index is -0.526. The molecular weight excluding hydrogens is 366 g/mol. The van der Waals surface area contributed by atoms with E-state index in [4.69, 9.17) is 4.74 Å². The predicted molar refractivity (Wildman–Crippen MR) is 112 cm³/mol. The van der Waals surface area contributed by atoms with Crippen LogP contribution in [-0.4, -0.2) is 41.0 Å². The molecule has 3 amide bonds. The average molecular weight is 391 g/mol. The third kappa shape index (κ3) is 3.97. The van der Waals surface area contributed by atoms with E-state index in [1.807, 2.05) is 62.5 Å². The van der Waals surface area contributed by atoms with Gasteiger partial charge in [0, 0.05) is 30.1 Å². The second-order valence-corrected chi connectivity index (χ2v) is 7.53. The maximum atomic E-state index is 12.7. The monoisotopic (exact) mass is 391 g/mol. The first-order valence-corrected chi connectivity index (χ1v) is 9.90. The van der Waals surface area contributed by atoms with Crippen LogP contribution in [-0.2, 0) is 11.2 Å². The van der Waals surface area contributed by atoms with E-state index in [1.165, 1.54) is 4.90 Å². The van der Waals surface area contributed by atoms with Crippen LogP contribution in [0.15, 0.2) is 48.7 Å². The van der Waals surface area contributed by atoms with Crippen molar-refractivity contribution in [1.29, 1.82) is 0 Å². The van der Waals surface area contributed by atoms with Gasteiger partial charge in [-0.2, -0.15) is 0 Å². The number of aryl methyl sites for hydroxylation is 2.